The predicted molar refractivity (Wildman–Crippen MR) is 67.8 cm³/mol. The molecule has 1 saturated carbocycles. The zero-order valence-electron chi connectivity index (χ0n) is 11.9. The zero-order valence-corrected chi connectivity index (χ0v) is 11.9. The standard InChI is InChI=1S/C14H17N3O3/c1-12(2)13(3)4-5-14(12,20-11(13)19)10(18)17(8-6-15)9-7-16/h4-5,8-9H2,1-3H3/t13-,14+/m0/s1. The monoisotopic (exact) mass is 275 g/mol. The molecule has 1 aliphatic heterocycles. The van der Waals surface area contributed by atoms with Crippen LogP contribution in [0, 0.1) is 33.5 Å². The van der Waals surface area contributed by atoms with Gasteiger partial charge in [-0.05, 0) is 19.8 Å². The number of carbonyl (C=O) groups is 2. The van der Waals surface area contributed by atoms with Gasteiger partial charge in [0.15, 0.2) is 5.60 Å². The molecule has 0 aromatic carbocycles. The molecule has 0 unspecified atom stereocenters. The maximum Gasteiger partial charge on any atom is 0.313 e. The van der Waals surface area contributed by atoms with Crippen molar-refractivity contribution < 1.29 is 14.3 Å². The molecule has 2 aliphatic rings. The van der Waals surface area contributed by atoms with Crippen molar-refractivity contribution in [1.29, 1.82) is 10.5 Å². The first kappa shape index (κ1) is 14.3. The third kappa shape index (κ3) is 1.42. The normalized spacial score (nSPS) is 33.1. The number of carbonyl (C=O) groups excluding carboxylic acids is 2. The van der Waals surface area contributed by atoms with Crippen molar-refractivity contribution in [2.75, 3.05) is 13.1 Å². The second-order valence-corrected chi connectivity index (χ2v) is 6.15. The third-order valence-corrected chi connectivity index (χ3v) is 5.24. The van der Waals surface area contributed by atoms with Gasteiger partial charge >= 0.3 is 5.97 Å². The lowest BCUT2D eigenvalue weighted by Crippen LogP contribution is -2.55. The number of hydrogen-bond donors (Lipinski definition) is 0. The largest absolute Gasteiger partial charge is 0.448 e. The van der Waals surface area contributed by atoms with Crippen LogP contribution in [-0.2, 0) is 14.3 Å². The summed E-state index contributed by atoms with van der Waals surface area (Å²) in [5.74, 6) is -0.795. The summed E-state index contributed by atoms with van der Waals surface area (Å²) < 4.78 is 5.45. The summed E-state index contributed by atoms with van der Waals surface area (Å²) in [7, 11) is 0. The molecule has 2 rings (SSSR count). The van der Waals surface area contributed by atoms with Crippen LogP contribution in [0.1, 0.15) is 33.6 Å². The quantitative estimate of drug-likeness (QED) is 0.565. The van der Waals surface area contributed by atoms with E-state index in [2.05, 4.69) is 0 Å². The number of nitrogens with zero attached hydrogens (tertiary/aromatic N) is 3. The van der Waals surface area contributed by atoms with Gasteiger partial charge in [0.05, 0.1) is 17.6 Å². The van der Waals surface area contributed by atoms with Gasteiger partial charge < -0.3 is 9.64 Å². The Bertz CT molecular complexity index is 541. The van der Waals surface area contributed by atoms with E-state index in [1.165, 1.54) is 0 Å². The van der Waals surface area contributed by atoms with E-state index in [9.17, 15) is 9.59 Å². The zero-order chi connectivity index (χ0) is 15.2. The molecule has 0 spiro atoms. The van der Waals surface area contributed by atoms with Crippen LogP contribution in [0.15, 0.2) is 0 Å². The van der Waals surface area contributed by atoms with Crippen LogP contribution in [0.4, 0.5) is 0 Å². The molecule has 6 heteroatoms. The third-order valence-electron chi connectivity index (χ3n) is 5.24. The Hall–Kier alpha value is -2.08. The molecule has 2 bridgehead atoms. The average Bonchev–Trinajstić information content (AvgIpc) is 2.68. The first-order chi connectivity index (χ1) is 9.27. The van der Waals surface area contributed by atoms with Crippen molar-refractivity contribution in [2.45, 2.75) is 39.2 Å². The van der Waals surface area contributed by atoms with Gasteiger partial charge in [-0.2, -0.15) is 10.5 Å². The van der Waals surface area contributed by atoms with Crippen molar-refractivity contribution in [1.82, 2.24) is 4.90 Å². The molecule has 2 atom stereocenters. The molecular formula is C14H17N3O3. The molecule has 0 aromatic heterocycles. The van der Waals surface area contributed by atoms with Gasteiger partial charge in [0, 0.05) is 5.41 Å². The first-order valence-corrected chi connectivity index (χ1v) is 6.53. The Kier molecular flexibility index (Phi) is 3.02. The van der Waals surface area contributed by atoms with Gasteiger partial charge in [-0.15, -0.1) is 0 Å². The molecule has 2 fully saturated rings. The van der Waals surface area contributed by atoms with Crippen LogP contribution in [-0.4, -0.2) is 35.5 Å². The molecule has 20 heavy (non-hydrogen) atoms. The molecule has 6 nitrogen and oxygen atoms in total. The molecule has 0 N–H and O–H groups in total. The molecule has 106 valence electrons. The minimum atomic E-state index is -1.24. The fraction of sp³-hybridized carbons (Fsp3) is 0.714. The second kappa shape index (κ2) is 4.21. The van der Waals surface area contributed by atoms with Gasteiger partial charge in [0.1, 0.15) is 13.1 Å². The molecule has 1 saturated heterocycles. The van der Waals surface area contributed by atoms with Crippen LogP contribution in [0.25, 0.3) is 0 Å². The van der Waals surface area contributed by atoms with Crippen LogP contribution >= 0.6 is 0 Å². The highest BCUT2D eigenvalue weighted by Gasteiger charge is 2.76. The van der Waals surface area contributed by atoms with Crippen molar-refractivity contribution >= 4 is 11.9 Å². The lowest BCUT2D eigenvalue weighted by atomic mass is 9.66. The van der Waals surface area contributed by atoms with Gasteiger partial charge in [0.25, 0.3) is 5.91 Å². The summed E-state index contributed by atoms with van der Waals surface area (Å²) >= 11 is 0. The summed E-state index contributed by atoms with van der Waals surface area (Å²) in [6, 6.07) is 3.75. The van der Waals surface area contributed by atoms with Gasteiger partial charge in [-0.25, -0.2) is 0 Å². The van der Waals surface area contributed by atoms with Crippen molar-refractivity contribution in [3.05, 3.63) is 0 Å². The highest BCUT2D eigenvalue weighted by molar-refractivity contribution is 5.96. The number of fused-ring (bicyclic) bond motifs is 2. The molecule has 1 aliphatic carbocycles. The molecular weight excluding hydrogens is 258 g/mol. The maximum absolute atomic E-state index is 12.8. The van der Waals surface area contributed by atoms with Crippen LogP contribution in [0.3, 0.4) is 0 Å². The SMILES string of the molecule is CC1(C)[C@@]2(C)CC[C@]1(C(=O)N(CC#N)CC#N)OC2=O. The summed E-state index contributed by atoms with van der Waals surface area (Å²) in [5.41, 5.74) is -2.59. The maximum atomic E-state index is 12.8. The van der Waals surface area contributed by atoms with Gasteiger partial charge in [-0.1, -0.05) is 13.8 Å². The van der Waals surface area contributed by atoms with E-state index >= 15 is 0 Å². The number of ether oxygens (including phenoxy) is 1. The van der Waals surface area contributed by atoms with E-state index in [4.69, 9.17) is 15.3 Å². The first-order valence-electron chi connectivity index (χ1n) is 6.53. The Labute approximate surface area is 117 Å². The summed E-state index contributed by atoms with van der Waals surface area (Å²) in [5, 5.41) is 17.6. The topological polar surface area (TPSA) is 94.2 Å². The highest BCUT2D eigenvalue weighted by atomic mass is 16.6. The number of hydrogen-bond acceptors (Lipinski definition) is 5. The Morgan fingerprint density at radius 2 is 1.80 bits per heavy atom. The molecule has 1 amide bonds. The summed E-state index contributed by atoms with van der Waals surface area (Å²) in [6.07, 6.45) is 1.02. The van der Waals surface area contributed by atoms with Crippen molar-refractivity contribution in [3.63, 3.8) is 0 Å². The Morgan fingerprint density at radius 3 is 2.15 bits per heavy atom. The van der Waals surface area contributed by atoms with Gasteiger partial charge in [0.2, 0.25) is 0 Å². The van der Waals surface area contributed by atoms with Gasteiger partial charge in [-0.3, -0.25) is 9.59 Å². The Morgan fingerprint density at radius 1 is 1.25 bits per heavy atom. The smallest absolute Gasteiger partial charge is 0.313 e. The fourth-order valence-corrected chi connectivity index (χ4v) is 3.35. The molecule has 0 aromatic rings. The Balaban J connectivity index is 2.42. The van der Waals surface area contributed by atoms with E-state index < -0.39 is 22.3 Å². The molecule has 1 heterocycles. The van der Waals surface area contributed by atoms with E-state index in [1.807, 2.05) is 32.9 Å². The molecule has 0 radical (unpaired) electrons. The minimum absolute atomic E-state index is 0.182. The average molecular weight is 275 g/mol. The van der Waals surface area contributed by atoms with E-state index in [-0.39, 0.29) is 19.1 Å². The summed E-state index contributed by atoms with van der Waals surface area (Å²) in [6.45, 7) is 5.15. The minimum Gasteiger partial charge on any atom is -0.448 e. The second-order valence-electron chi connectivity index (χ2n) is 6.15. The number of nitriles is 2. The lowest BCUT2D eigenvalue weighted by molar-refractivity contribution is -0.173. The number of amides is 1. The highest BCUT2D eigenvalue weighted by Crippen LogP contribution is 2.65. The van der Waals surface area contributed by atoms with Crippen LogP contribution in [0.5, 0.6) is 0 Å². The van der Waals surface area contributed by atoms with Crippen LogP contribution in [0.2, 0.25) is 0 Å². The van der Waals surface area contributed by atoms with E-state index in [0.29, 0.717) is 12.8 Å². The lowest BCUT2D eigenvalue weighted by Gasteiger charge is -2.37. The summed E-state index contributed by atoms with van der Waals surface area (Å²) in [4.78, 5) is 26.0. The fourth-order valence-electron chi connectivity index (χ4n) is 3.35. The van der Waals surface area contributed by atoms with Crippen LogP contribution < -0.4 is 0 Å². The predicted octanol–water partition coefficient (Wildman–Crippen LogP) is 0.984. The number of esters is 1. The number of rotatable bonds is 3. The van der Waals surface area contributed by atoms with E-state index in [0.717, 1.165) is 4.90 Å². The van der Waals surface area contributed by atoms with Crippen molar-refractivity contribution in [2.24, 2.45) is 10.8 Å². The van der Waals surface area contributed by atoms with Crippen molar-refractivity contribution in [3.8, 4) is 12.1 Å². The van der Waals surface area contributed by atoms with E-state index in [1.54, 1.807) is 0 Å².